The number of rotatable bonds is 2. The molecule has 2 amide bonds. The van der Waals surface area contributed by atoms with Gasteiger partial charge >= 0.3 is 6.03 Å². The summed E-state index contributed by atoms with van der Waals surface area (Å²) >= 11 is 0. The van der Waals surface area contributed by atoms with Crippen molar-refractivity contribution in [2.45, 2.75) is 45.1 Å². The molecule has 88 valence electrons. The van der Waals surface area contributed by atoms with E-state index in [2.05, 4.69) is 5.32 Å². The molecule has 0 aromatic heterocycles. The Labute approximate surface area is 92.2 Å². The Morgan fingerprint density at radius 3 is 2.27 bits per heavy atom. The van der Waals surface area contributed by atoms with Gasteiger partial charge in [0.25, 0.3) is 0 Å². The number of likely N-dealkylation sites (tertiary alicyclic amines) is 1. The molecule has 0 unspecified atom stereocenters. The molecule has 0 spiro atoms. The van der Waals surface area contributed by atoms with Crippen LogP contribution in [-0.2, 0) is 0 Å². The van der Waals surface area contributed by atoms with E-state index in [0.29, 0.717) is 6.54 Å². The van der Waals surface area contributed by atoms with Crippen LogP contribution in [-0.4, -0.2) is 36.1 Å². The zero-order valence-electron chi connectivity index (χ0n) is 9.88. The number of carbonyl (C=O) groups is 1. The van der Waals surface area contributed by atoms with Crippen LogP contribution in [0.15, 0.2) is 0 Å². The third-order valence-corrected chi connectivity index (χ3v) is 2.59. The number of amides is 2. The first-order chi connectivity index (χ1) is 6.99. The Balaban J connectivity index is 2.32. The largest absolute Gasteiger partial charge is 0.336 e. The van der Waals surface area contributed by atoms with Crippen molar-refractivity contribution < 1.29 is 4.79 Å². The highest BCUT2D eigenvalue weighted by atomic mass is 16.2. The molecule has 4 heteroatoms. The number of carbonyl (C=O) groups excluding carboxylic acids is 1. The van der Waals surface area contributed by atoms with Crippen LogP contribution in [0.4, 0.5) is 4.79 Å². The second-order valence-corrected chi connectivity index (χ2v) is 5.05. The normalized spacial score (nSPS) is 18.5. The SMILES string of the molecule is CC(C)(N)CNC(=O)N1CCCCCC1. The van der Waals surface area contributed by atoms with Crippen LogP contribution in [0.2, 0.25) is 0 Å². The van der Waals surface area contributed by atoms with Gasteiger partial charge in [0.2, 0.25) is 0 Å². The zero-order valence-corrected chi connectivity index (χ0v) is 9.88. The number of nitrogens with zero attached hydrogens (tertiary/aromatic N) is 1. The van der Waals surface area contributed by atoms with Crippen molar-refractivity contribution in [1.29, 1.82) is 0 Å². The molecule has 3 N–H and O–H groups in total. The maximum absolute atomic E-state index is 11.8. The molecule has 0 aromatic rings. The number of nitrogens with one attached hydrogen (secondary N) is 1. The molecular weight excluding hydrogens is 190 g/mol. The summed E-state index contributed by atoms with van der Waals surface area (Å²) < 4.78 is 0. The van der Waals surface area contributed by atoms with Crippen LogP contribution >= 0.6 is 0 Å². The molecule has 0 saturated carbocycles. The predicted molar refractivity (Wildman–Crippen MR) is 61.7 cm³/mol. The summed E-state index contributed by atoms with van der Waals surface area (Å²) in [4.78, 5) is 13.7. The van der Waals surface area contributed by atoms with Crippen molar-refractivity contribution in [3.05, 3.63) is 0 Å². The molecule has 1 fully saturated rings. The molecule has 1 aliphatic heterocycles. The van der Waals surface area contributed by atoms with E-state index in [1.54, 1.807) is 0 Å². The van der Waals surface area contributed by atoms with Crippen LogP contribution in [0, 0.1) is 0 Å². The van der Waals surface area contributed by atoms with Gasteiger partial charge < -0.3 is 16.0 Å². The maximum atomic E-state index is 11.8. The lowest BCUT2D eigenvalue weighted by Crippen LogP contribution is -2.49. The Hall–Kier alpha value is -0.770. The molecule has 0 atom stereocenters. The van der Waals surface area contributed by atoms with E-state index in [-0.39, 0.29) is 11.6 Å². The summed E-state index contributed by atoms with van der Waals surface area (Å²) in [5.41, 5.74) is 5.48. The van der Waals surface area contributed by atoms with Crippen molar-refractivity contribution in [3.63, 3.8) is 0 Å². The summed E-state index contributed by atoms with van der Waals surface area (Å²) in [5, 5.41) is 2.88. The third kappa shape index (κ3) is 5.02. The van der Waals surface area contributed by atoms with E-state index in [9.17, 15) is 4.79 Å². The molecule has 15 heavy (non-hydrogen) atoms. The molecule has 1 saturated heterocycles. The van der Waals surface area contributed by atoms with Gasteiger partial charge in [0.15, 0.2) is 0 Å². The van der Waals surface area contributed by atoms with Crippen LogP contribution in [0.3, 0.4) is 0 Å². The first-order valence-electron chi connectivity index (χ1n) is 5.81. The van der Waals surface area contributed by atoms with E-state index in [0.717, 1.165) is 25.9 Å². The lowest BCUT2D eigenvalue weighted by atomic mass is 10.1. The minimum Gasteiger partial charge on any atom is -0.336 e. The van der Waals surface area contributed by atoms with E-state index in [4.69, 9.17) is 5.73 Å². The Bertz CT molecular complexity index is 202. The van der Waals surface area contributed by atoms with Gasteiger partial charge in [0.1, 0.15) is 0 Å². The van der Waals surface area contributed by atoms with Gasteiger partial charge in [-0.3, -0.25) is 0 Å². The fraction of sp³-hybridized carbons (Fsp3) is 0.909. The second-order valence-electron chi connectivity index (χ2n) is 5.05. The van der Waals surface area contributed by atoms with Gasteiger partial charge in [-0.25, -0.2) is 4.79 Å². The molecule has 0 bridgehead atoms. The predicted octanol–water partition coefficient (Wildman–Crippen LogP) is 1.31. The fourth-order valence-corrected chi connectivity index (χ4v) is 1.69. The monoisotopic (exact) mass is 213 g/mol. The maximum Gasteiger partial charge on any atom is 0.317 e. The van der Waals surface area contributed by atoms with Crippen molar-refractivity contribution in [2.75, 3.05) is 19.6 Å². The quantitative estimate of drug-likeness (QED) is 0.726. The highest BCUT2D eigenvalue weighted by Gasteiger charge is 2.17. The van der Waals surface area contributed by atoms with Gasteiger partial charge in [0.05, 0.1) is 0 Å². The number of urea groups is 1. The van der Waals surface area contributed by atoms with E-state index >= 15 is 0 Å². The van der Waals surface area contributed by atoms with Gasteiger partial charge in [-0.1, -0.05) is 12.8 Å². The standard InChI is InChI=1S/C11H23N3O/c1-11(2,12)9-13-10(15)14-7-5-3-4-6-8-14/h3-9,12H2,1-2H3,(H,13,15). The molecule has 0 radical (unpaired) electrons. The lowest BCUT2D eigenvalue weighted by Gasteiger charge is -2.24. The van der Waals surface area contributed by atoms with Gasteiger partial charge in [-0.15, -0.1) is 0 Å². The van der Waals surface area contributed by atoms with Crippen molar-refractivity contribution in [3.8, 4) is 0 Å². The van der Waals surface area contributed by atoms with Gasteiger partial charge in [-0.2, -0.15) is 0 Å². The molecule has 0 aliphatic carbocycles. The van der Waals surface area contributed by atoms with Crippen molar-refractivity contribution >= 4 is 6.03 Å². The Kier molecular flexibility index (Phi) is 4.39. The van der Waals surface area contributed by atoms with E-state index in [1.165, 1.54) is 12.8 Å². The molecular formula is C11H23N3O. The van der Waals surface area contributed by atoms with Crippen LogP contribution in [0.25, 0.3) is 0 Å². The zero-order chi connectivity index (χ0) is 11.3. The van der Waals surface area contributed by atoms with E-state index in [1.807, 2.05) is 18.7 Å². The smallest absolute Gasteiger partial charge is 0.317 e. The number of hydrogen-bond acceptors (Lipinski definition) is 2. The first-order valence-corrected chi connectivity index (χ1v) is 5.81. The number of hydrogen-bond donors (Lipinski definition) is 2. The molecule has 4 nitrogen and oxygen atoms in total. The fourth-order valence-electron chi connectivity index (χ4n) is 1.69. The summed E-state index contributed by atoms with van der Waals surface area (Å²) in [5.74, 6) is 0. The second kappa shape index (κ2) is 5.35. The molecule has 0 aromatic carbocycles. The average molecular weight is 213 g/mol. The lowest BCUT2D eigenvalue weighted by molar-refractivity contribution is 0.197. The minimum atomic E-state index is -0.332. The van der Waals surface area contributed by atoms with Gasteiger partial charge in [0, 0.05) is 25.2 Å². The summed E-state index contributed by atoms with van der Waals surface area (Å²) in [7, 11) is 0. The Morgan fingerprint density at radius 2 is 1.80 bits per heavy atom. The van der Waals surface area contributed by atoms with E-state index < -0.39 is 0 Å². The van der Waals surface area contributed by atoms with Crippen LogP contribution in [0.5, 0.6) is 0 Å². The average Bonchev–Trinajstić information content (AvgIpc) is 2.41. The summed E-state index contributed by atoms with van der Waals surface area (Å²) in [6.07, 6.45) is 4.73. The summed E-state index contributed by atoms with van der Waals surface area (Å²) in [6, 6.07) is 0.0374. The Morgan fingerprint density at radius 1 is 1.27 bits per heavy atom. The van der Waals surface area contributed by atoms with Crippen LogP contribution < -0.4 is 11.1 Å². The van der Waals surface area contributed by atoms with Crippen LogP contribution in [0.1, 0.15) is 39.5 Å². The van der Waals surface area contributed by atoms with Crippen molar-refractivity contribution in [1.82, 2.24) is 10.2 Å². The highest BCUT2D eigenvalue weighted by Crippen LogP contribution is 2.09. The topological polar surface area (TPSA) is 58.4 Å². The minimum absolute atomic E-state index is 0.0374. The van der Waals surface area contributed by atoms with Gasteiger partial charge in [-0.05, 0) is 26.7 Å². The third-order valence-electron chi connectivity index (χ3n) is 2.59. The molecule has 1 rings (SSSR count). The first kappa shape index (κ1) is 12.3. The summed E-state index contributed by atoms with van der Waals surface area (Å²) in [6.45, 7) is 6.13. The van der Waals surface area contributed by atoms with Crippen molar-refractivity contribution in [2.24, 2.45) is 5.73 Å². The molecule has 1 aliphatic rings. The molecule has 1 heterocycles. The number of nitrogens with two attached hydrogens (primary N) is 1. The highest BCUT2D eigenvalue weighted by molar-refractivity contribution is 5.74.